The molecular weight excluding hydrogens is 182 g/mol. The van der Waals surface area contributed by atoms with Gasteiger partial charge < -0.3 is 5.32 Å². The van der Waals surface area contributed by atoms with Crippen molar-refractivity contribution in [3.05, 3.63) is 0 Å². The van der Waals surface area contributed by atoms with Gasteiger partial charge >= 0.3 is 0 Å². The van der Waals surface area contributed by atoms with Crippen molar-refractivity contribution in [3.8, 4) is 0 Å². The lowest BCUT2D eigenvalue weighted by atomic mass is 10.2. The molecule has 0 aliphatic heterocycles. The van der Waals surface area contributed by atoms with Crippen LogP contribution in [0.1, 0.15) is 45.4 Å². The zero-order valence-corrected chi connectivity index (χ0v) is 9.45. The highest BCUT2D eigenvalue weighted by molar-refractivity contribution is 6.21. The summed E-state index contributed by atoms with van der Waals surface area (Å²) in [7, 11) is 0. The van der Waals surface area contributed by atoms with E-state index in [2.05, 4.69) is 12.2 Å². The van der Waals surface area contributed by atoms with Crippen LogP contribution in [0.5, 0.6) is 0 Å². The molecule has 1 N–H and O–H groups in total. The molecule has 0 bridgehead atoms. The number of halogens is 1. The lowest BCUT2D eigenvalue weighted by Crippen LogP contribution is -2.25. The van der Waals surface area contributed by atoms with E-state index in [0.717, 1.165) is 19.0 Å². The first-order valence-corrected chi connectivity index (χ1v) is 6.13. The fourth-order valence-electron chi connectivity index (χ4n) is 1.54. The van der Waals surface area contributed by atoms with E-state index in [-0.39, 0.29) is 0 Å². The lowest BCUT2D eigenvalue weighted by molar-refractivity contribution is 0.573. The number of nitrogens with one attached hydrogen (secondary N) is 1. The molecule has 1 atom stereocenters. The molecule has 0 aromatic carbocycles. The summed E-state index contributed by atoms with van der Waals surface area (Å²) in [5.41, 5.74) is 0. The van der Waals surface area contributed by atoms with Crippen LogP contribution in [-0.4, -0.2) is 18.5 Å². The first-order valence-electron chi connectivity index (χ1n) is 5.69. The van der Waals surface area contributed by atoms with E-state index in [1.54, 1.807) is 0 Å². The topological polar surface area (TPSA) is 12.0 Å². The summed E-state index contributed by atoms with van der Waals surface area (Å²) in [5.74, 6) is 0.824. The van der Waals surface area contributed by atoms with Crippen LogP contribution in [0.2, 0.25) is 0 Å². The van der Waals surface area contributed by atoms with E-state index in [1.807, 2.05) is 0 Å². The normalized spacial score (nSPS) is 18.9. The minimum Gasteiger partial charge on any atom is -0.315 e. The van der Waals surface area contributed by atoms with E-state index < -0.39 is 0 Å². The fourth-order valence-corrected chi connectivity index (χ4v) is 1.90. The van der Waals surface area contributed by atoms with Gasteiger partial charge in [-0.2, -0.15) is 0 Å². The largest absolute Gasteiger partial charge is 0.315 e. The zero-order chi connectivity index (χ0) is 9.52. The SMILES string of the molecule is CCCCCCNCC(Cl)C1CC1. The molecule has 1 saturated carbocycles. The van der Waals surface area contributed by atoms with Gasteiger partial charge in [0.15, 0.2) is 0 Å². The fraction of sp³-hybridized carbons (Fsp3) is 1.00. The van der Waals surface area contributed by atoms with Gasteiger partial charge in [-0.05, 0) is 31.7 Å². The Kier molecular flexibility index (Phi) is 5.81. The minimum atomic E-state index is 0.395. The van der Waals surface area contributed by atoms with Crippen LogP contribution in [0, 0.1) is 5.92 Å². The Balaban J connectivity index is 1.77. The van der Waals surface area contributed by atoms with Crippen molar-refractivity contribution >= 4 is 11.6 Å². The van der Waals surface area contributed by atoms with Crippen LogP contribution in [0.25, 0.3) is 0 Å². The molecule has 0 radical (unpaired) electrons. The maximum absolute atomic E-state index is 6.16. The lowest BCUT2D eigenvalue weighted by Gasteiger charge is -2.08. The van der Waals surface area contributed by atoms with E-state index >= 15 is 0 Å². The summed E-state index contributed by atoms with van der Waals surface area (Å²) in [6.45, 7) is 4.41. The number of unbranched alkanes of at least 4 members (excludes halogenated alkanes) is 3. The van der Waals surface area contributed by atoms with Gasteiger partial charge in [-0.15, -0.1) is 11.6 Å². The van der Waals surface area contributed by atoms with Gasteiger partial charge in [-0.25, -0.2) is 0 Å². The van der Waals surface area contributed by atoms with E-state index in [9.17, 15) is 0 Å². The average molecular weight is 204 g/mol. The van der Waals surface area contributed by atoms with Crippen molar-refractivity contribution in [2.75, 3.05) is 13.1 Å². The minimum absolute atomic E-state index is 0.395. The molecule has 1 nitrogen and oxygen atoms in total. The van der Waals surface area contributed by atoms with E-state index in [0.29, 0.717) is 5.38 Å². The smallest absolute Gasteiger partial charge is 0.0488 e. The van der Waals surface area contributed by atoms with Crippen molar-refractivity contribution in [2.24, 2.45) is 5.92 Å². The first kappa shape index (κ1) is 11.3. The molecule has 0 heterocycles. The maximum atomic E-state index is 6.16. The van der Waals surface area contributed by atoms with Gasteiger partial charge in [0.1, 0.15) is 0 Å². The molecule has 0 aromatic heterocycles. The molecule has 1 rings (SSSR count). The van der Waals surface area contributed by atoms with Crippen molar-refractivity contribution in [3.63, 3.8) is 0 Å². The molecule has 13 heavy (non-hydrogen) atoms. The second-order valence-corrected chi connectivity index (χ2v) is 4.68. The molecule has 0 amide bonds. The molecule has 0 aromatic rings. The number of hydrogen-bond donors (Lipinski definition) is 1. The monoisotopic (exact) mass is 203 g/mol. The highest BCUT2D eigenvalue weighted by atomic mass is 35.5. The Morgan fingerprint density at radius 3 is 2.69 bits per heavy atom. The van der Waals surface area contributed by atoms with Crippen molar-refractivity contribution in [1.82, 2.24) is 5.32 Å². The summed E-state index contributed by atoms with van der Waals surface area (Å²) in [4.78, 5) is 0. The molecule has 1 unspecified atom stereocenters. The van der Waals surface area contributed by atoms with Gasteiger partial charge in [0.2, 0.25) is 0 Å². The predicted molar refractivity (Wildman–Crippen MR) is 59.4 cm³/mol. The number of hydrogen-bond acceptors (Lipinski definition) is 1. The molecule has 1 aliphatic rings. The van der Waals surface area contributed by atoms with Crippen LogP contribution >= 0.6 is 11.6 Å². The highest BCUT2D eigenvalue weighted by Gasteiger charge is 2.28. The average Bonchev–Trinajstić information content (AvgIpc) is 2.93. The maximum Gasteiger partial charge on any atom is 0.0488 e. The van der Waals surface area contributed by atoms with Crippen molar-refractivity contribution in [2.45, 2.75) is 50.8 Å². The molecule has 78 valence electrons. The molecule has 1 aliphatic carbocycles. The standard InChI is InChI=1S/C11H22ClN/c1-2-3-4-5-8-13-9-11(12)10-6-7-10/h10-11,13H,2-9H2,1H3. The third-order valence-electron chi connectivity index (χ3n) is 2.68. The summed E-state index contributed by atoms with van der Waals surface area (Å²) in [6.07, 6.45) is 8.06. The van der Waals surface area contributed by atoms with Crippen molar-refractivity contribution < 1.29 is 0 Å². The second kappa shape index (κ2) is 6.67. The summed E-state index contributed by atoms with van der Waals surface area (Å²) < 4.78 is 0. The van der Waals surface area contributed by atoms with Crippen molar-refractivity contribution in [1.29, 1.82) is 0 Å². The van der Waals surface area contributed by atoms with Gasteiger partial charge in [-0.3, -0.25) is 0 Å². The van der Waals surface area contributed by atoms with Crippen LogP contribution in [0.3, 0.4) is 0 Å². The zero-order valence-electron chi connectivity index (χ0n) is 8.69. The second-order valence-electron chi connectivity index (χ2n) is 4.12. The Labute approximate surface area is 87.2 Å². The van der Waals surface area contributed by atoms with Gasteiger partial charge in [0.05, 0.1) is 0 Å². The number of rotatable bonds is 8. The van der Waals surface area contributed by atoms with Gasteiger partial charge in [0.25, 0.3) is 0 Å². The molecule has 2 heteroatoms. The molecular formula is C11H22ClN. The summed E-state index contributed by atoms with van der Waals surface area (Å²) in [5, 5.41) is 3.83. The van der Waals surface area contributed by atoms with E-state index in [4.69, 9.17) is 11.6 Å². The number of alkyl halides is 1. The van der Waals surface area contributed by atoms with Crippen LogP contribution in [-0.2, 0) is 0 Å². The third-order valence-corrected chi connectivity index (χ3v) is 3.19. The molecule has 0 spiro atoms. The van der Waals surface area contributed by atoms with Gasteiger partial charge in [0, 0.05) is 11.9 Å². The Morgan fingerprint density at radius 1 is 1.31 bits per heavy atom. The molecule has 1 fully saturated rings. The van der Waals surface area contributed by atoms with E-state index in [1.165, 1.54) is 38.5 Å². The Hall–Kier alpha value is 0.250. The first-order chi connectivity index (χ1) is 6.34. The predicted octanol–water partition coefficient (Wildman–Crippen LogP) is 3.17. The quantitative estimate of drug-likeness (QED) is 0.472. The summed E-state index contributed by atoms with van der Waals surface area (Å²) >= 11 is 6.16. The Bertz CT molecular complexity index is 123. The highest BCUT2D eigenvalue weighted by Crippen LogP contribution is 2.35. The molecule has 0 saturated heterocycles. The Morgan fingerprint density at radius 2 is 2.08 bits per heavy atom. The van der Waals surface area contributed by atoms with Gasteiger partial charge in [-0.1, -0.05) is 26.2 Å². The summed E-state index contributed by atoms with van der Waals surface area (Å²) in [6, 6.07) is 0. The third kappa shape index (κ3) is 5.53. The van der Waals surface area contributed by atoms with Crippen LogP contribution in [0.4, 0.5) is 0 Å². The van der Waals surface area contributed by atoms with Crippen LogP contribution in [0.15, 0.2) is 0 Å². The van der Waals surface area contributed by atoms with Crippen LogP contribution < -0.4 is 5.32 Å².